The van der Waals surface area contributed by atoms with Gasteiger partial charge in [-0.3, -0.25) is 10.1 Å². The Morgan fingerprint density at radius 1 is 1.15 bits per heavy atom. The van der Waals surface area contributed by atoms with Gasteiger partial charge >= 0.3 is 0 Å². The van der Waals surface area contributed by atoms with E-state index in [4.69, 9.17) is 17.0 Å². The monoisotopic (exact) mass is 384 g/mol. The van der Waals surface area contributed by atoms with E-state index in [0.717, 1.165) is 11.3 Å². The van der Waals surface area contributed by atoms with Gasteiger partial charge in [-0.2, -0.15) is 0 Å². The third-order valence-corrected chi connectivity index (χ3v) is 4.61. The van der Waals surface area contributed by atoms with Gasteiger partial charge in [0.1, 0.15) is 16.2 Å². The summed E-state index contributed by atoms with van der Waals surface area (Å²) in [7, 11) is 1.63. The van der Waals surface area contributed by atoms with Crippen molar-refractivity contribution in [3.05, 3.63) is 76.3 Å². The zero-order chi connectivity index (χ0) is 18.8. The molecule has 27 heavy (non-hydrogen) atoms. The van der Waals surface area contributed by atoms with Gasteiger partial charge in [-0.25, -0.2) is 14.6 Å². The van der Waals surface area contributed by atoms with Crippen molar-refractivity contribution < 1.29 is 9.13 Å². The number of aromatic amines is 1. The lowest BCUT2D eigenvalue weighted by Gasteiger charge is -2.18. The highest BCUT2D eigenvalue weighted by atomic mass is 32.1. The SMILES string of the molecule is COc1ccc(CN2NNN=C2c2c[nH]n(-c3ccccc3F)c2=S)cc1. The average molecular weight is 384 g/mol. The molecule has 0 amide bonds. The maximum absolute atomic E-state index is 14.1. The Morgan fingerprint density at radius 2 is 1.93 bits per heavy atom. The molecule has 0 bridgehead atoms. The molecule has 0 fully saturated rings. The van der Waals surface area contributed by atoms with Crippen molar-refractivity contribution in [2.75, 3.05) is 7.11 Å². The second kappa shape index (κ2) is 7.22. The van der Waals surface area contributed by atoms with E-state index in [-0.39, 0.29) is 5.82 Å². The molecule has 9 heteroatoms. The van der Waals surface area contributed by atoms with Crippen LogP contribution in [0.25, 0.3) is 5.69 Å². The van der Waals surface area contributed by atoms with Gasteiger partial charge in [0.15, 0.2) is 5.84 Å². The lowest BCUT2D eigenvalue weighted by Crippen LogP contribution is -2.40. The number of hydrogen-bond donors (Lipinski definition) is 3. The Labute approximate surface area is 160 Å². The van der Waals surface area contributed by atoms with E-state index >= 15 is 0 Å². The van der Waals surface area contributed by atoms with Crippen molar-refractivity contribution in [3.63, 3.8) is 0 Å². The van der Waals surface area contributed by atoms with Crippen LogP contribution in [0.15, 0.2) is 59.8 Å². The number of rotatable bonds is 5. The fraction of sp³-hybridized carbons (Fsp3) is 0.111. The summed E-state index contributed by atoms with van der Waals surface area (Å²) in [4.78, 5) is 0. The molecule has 3 N–H and O–H groups in total. The van der Waals surface area contributed by atoms with Crippen LogP contribution in [0.5, 0.6) is 5.75 Å². The van der Waals surface area contributed by atoms with Gasteiger partial charge in [-0.15, -0.1) is 10.6 Å². The highest BCUT2D eigenvalue weighted by molar-refractivity contribution is 7.71. The smallest absolute Gasteiger partial charge is 0.177 e. The summed E-state index contributed by atoms with van der Waals surface area (Å²) in [6.45, 7) is 0.551. The highest BCUT2D eigenvalue weighted by Gasteiger charge is 2.22. The first-order chi connectivity index (χ1) is 13.2. The van der Waals surface area contributed by atoms with Gasteiger partial charge in [0.25, 0.3) is 0 Å². The Kier molecular flexibility index (Phi) is 4.61. The van der Waals surface area contributed by atoms with Crippen LogP contribution in [0, 0.1) is 10.5 Å². The van der Waals surface area contributed by atoms with Crippen LogP contribution in [0.3, 0.4) is 0 Å². The van der Waals surface area contributed by atoms with Crippen LogP contribution in [0.4, 0.5) is 4.39 Å². The van der Waals surface area contributed by atoms with E-state index < -0.39 is 0 Å². The number of para-hydroxylation sites is 1. The van der Waals surface area contributed by atoms with Crippen LogP contribution in [0.2, 0.25) is 0 Å². The molecule has 0 atom stereocenters. The van der Waals surface area contributed by atoms with Crippen molar-refractivity contribution in [2.24, 2.45) is 5.10 Å². The molecule has 4 rings (SSSR count). The zero-order valence-corrected chi connectivity index (χ0v) is 15.3. The second-order valence-corrected chi connectivity index (χ2v) is 6.26. The van der Waals surface area contributed by atoms with Crippen molar-refractivity contribution in [1.29, 1.82) is 0 Å². The van der Waals surface area contributed by atoms with E-state index in [0.29, 0.717) is 28.3 Å². The Bertz CT molecular complexity index is 1040. The first-order valence-electron chi connectivity index (χ1n) is 8.22. The number of methoxy groups -OCH3 is 1. The van der Waals surface area contributed by atoms with Crippen LogP contribution < -0.4 is 15.8 Å². The topological polar surface area (TPSA) is 69.6 Å². The molecule has 7 nitrogen and oxygen atoms in total. The Balaban J connectivity index is 1.61. The van der Waals surface area contributed by atoms with Gasteiger partial charge < -0.3 is 4.74 Å². The fourth-order valence-corrected chi connectivity index (χ4v) is 3.13. The fourth-order valence-electron chi connectivity index (χ4n) is 2.83. The summed E-state index contributed by atoms with van der Waals surface area (Å²) < 4.78 is 21.2. The normalized spacial score (nSPS) is 13.4. The molecule has 1 aromatic heterocycles. The standard InChI is InChI=1S/C18H17FN6OS/c1-26-13-8-6-12(7-9-13)11-24-17(21-22-23-24)14-10-20-25(18(14)27)16-5-3-2-4-15(16)19/h2-10,20,22-23H,11H2,1H3. The average Bonchev–Trinajstić information content (AvgIpc) is 3.29. The quantitative estimate of drug-likeness (QED) is 0.590. The molecule has 138 valence electrons. The molecule has 1 aliphatic heterocycles. The molecule has 2 aromatic carbocycles. The van der Waals surface area contributed by atoms with Crippen molar-refractivity contribution >= 4 is 18.1 Å². The van der Waals surface area contributed by atoms with E-state index in [1.807, 2.05) is 29.3 Å². The van der Waals surface area contributed by atoms with Crippen LogP contribution in [-0.2, 0) is 6.54 Å². The summed E-state index contributed by atoms with van der Waals surface area (Å²) >= 11 is 5.54. The Hall–Kier alpha value is -3.17. The number of benzene rings is 2. The summed E-state index contributed by atoms with van der Waals surface area (Å²) in [6, 6.07) is 14.2. The summed E-state index contributed by atoms with van der Waals surface area (Å²) in [5, 5.41) is 9.10. The molecule has 0 radical (unpaired) electrons. The summed E-state index contributed by atoms with van der Waals surface area (Å²) in [6.07, 6.45) is 1.71. The van der Waals surface area contributed by atoms with E-state index in [9.17, 15) is 4.39 Å². The first-order valence-corrected chi connectivity index (χ1v) is 8.62. The van der Waals surface area contributed by atoms with Gasteiger partial charge in [-0.1, -0.05) is 36.5 Å². The minimum absolute atomic E-state index is 0.356. The number of hydrazine groups is 2. The minimum atomic E-state index is -0.360. The Morgan fingerprint density at radius 3 is 2.67 bits per heavy atom. The van der Waals surface area contributed by atoms with Crippen LogP contribution >= 0.6 is 12.2 Å². The van der Waals surface area contributed by atoms with Gasteiger partial charge in [0, 0.05) is 6.20 Å². The number of H-pyrrole nitrogens is 1. The second-order valence-electron chi connectivity index (χ2n) is 5.87. The van der Waals surface area contributed by atoms with Crippen molar-refractivity contribution in [3.8, 4) is 11.4 Å². The van der Waals surface area contributed by atoms with E-state index in [1.165, 1.54) is 10.7 Å². The molecule has 2 heterocycles. The number of amidine groups is 1. The number of ether oxygens (including phenoxy) is 1. The molecule has 0 saturated heterocycles. The lowest BCUT2D eigenvalue weighted by atomic mass is 10.2. The van der Waals surface area contributed by atoms with Gasteiger partial charge in [0.2, 0.25) is 0 Å². The van der Waals surface area contributed by atoms with Crippen LogP contribution in [0.1, 0.15) is 11.1 Å². The molecule has 0 spiro atoms. The third-order valence-electron chi connectivity index (χ3n) is 4.21. The highest BCUT2D eigenvalue weighted by Crippen LogP contribution is 2.18. The zero-order valence-electron chi connectivity index (χ0n) is 14.4. The number of halogens is 1. The molecule has 0 unspecified atom stereocenters. The third kappa shape index (κ3) is 3.29. The molecular formula is C18H17FN6OS. The number of nitrogens with one attached hydrogen (secondary N) is 3. The van der Waals surface area contributed by atoms with Crippen molar-refractivity contribution in [1.82, 2.24) is 25.9 Å². The molecule has 1 aliphatic rings. The summed E-state index contributed by atoms with van der Waals surface area (Å²) in [5.74, 6) is 1.05. The molecule has 3 aromatic rings. The number of hydrazone groups is 1. The first kappa shape index (κ1) is 17.3. The van der Waals surface area contributed by atoms with Crippen molar-refractivity contribution in [2.45, 2.75) is 6.54 Å². The van der Waals surface area contributed by atoms with E-state index in [1.54, 1.807) is 31.5 Å². The maximum Gasteiger partial charge on any atom is 0.177 e. The molecule has 0 saturated carbocycles. The number of aromatic nitrogens is 2. The number of nitrogens with zero attached hydrogens (tertiary/aromatic N) is 3. The number of hydrogen-bond acceptors (Lipinski definition) is 6. The predicted molar refractivity (Wildman–Crippen MR) is 102 cm³/mol. The lowest BCUT2D eigenvalue weighted by molar-refractivity contribution is 0.288. The summed E-state index contributed by atoms with van der Waals surface area (Å²) in [5.41, 5.74) is 7.82. The largest absolute Gasteiger partial charge is 0.497 e. The minimum Gasteiger partial charge on any atom is -0.497 e. The molecule has 0 aliphatic carbocycles. The van der Waals surface area contributed by atoms with Gasteiger partial charge in [0.05, 0.1) is 24.9 Å². The van der Waals surface area contributed by atoms with Crippen LogP contribution in [-0.4, -0.2) is 27.7 Å². The maximum atomic E-state index is 14.1. The van der Waals surface area contributed by atoms with Gasteiger partial charge in [-0.05, 0) is 29.8 Å². The van der Waals surface area contributed by atoms with E-state index in [2.05, 4.69) is 21.3 Å². The predicted octanol–water partition coefficient (Wildman–Crippen LogP) is 2.87. The molecular weight excluding hydrogens is 367 g/mol.